The van der Waals surface area contributed by atoms with Crippen LogP contribution in [-0.4, -0.2) is 40.0 Å². The summed E-state index contributed by atoms with van der Waals surface area (Å²) in [6.07, 6.45) is 0.282. The molecule has 1 unspecified atom stereocenters. The SMILES string of the molecule is CC1(c2cccc([N+](=O)[O-])c2)NC(=O)N(CCCO)C1=O. The molecule has 0 aromatic heterocycles. The van der Waals surface area contributed by atoms with Gasteiger partial charge < -0.3 is 10.4 Å². The molecule has 2 N–H and O–H groups in total. The minimum Gasteiger partial charge on any atom is -0.396 e. The van der Waals surface area contributed by atoms with Gasteiger partial charge >= 0.3 is 6.03 Å². The van der Waals surface area contributed by atoms with Crippen LogP contribution in [0, 0.1) is 10.1 Å². The second-order valence-corrected chi connectivity index (χ2v) is 4.90. The maximum atomic E-state index is 12.4. The van der Waals surface area contributed by atoms with Gasteiger partial charge in [-0.3, -0.25) is 19.8 Å². The molecular formula is C13H15N3O5. The highest BCUT2D eigenvalue weighted by molar-refractivity contribution is 6.07. The Labute approximate surface area is 120 Å². The highest BCUT2D eigenvalue weighted by Crippen LogP contribution is 2.30. The summed E-state index contributed by atoms with van der Waals surface area (Å²) in [6, 6.07) is 5.04. The lowest BCUT2D eigenvalue weighted by Crippen LogP contribution is -2.41. The molecule has 0 bridgehead atoms. The molecule has 3 amide bonds. The van der Waals surface area contributed by atoms with E-state index in [9.17, 15) is 19.7 Å². The monoisotopic (exact) mass is 293 g/mol. The number of nitrogens with zero attached hydrogens (tertiary/aromatic N) is 2. The van der Waals surface area contributed by atoms with Gasteiger partial charge in [-0.25, -0.2) is 4.79 Å². The molecule has 1 fully saturated rings. The van der Waals surface area contributed by atoms with Gasteiger partial charge in [-0.05, 0) is 18.9 Å². The van der Waals surface area contributed by atoms with Gasteiger partial charge in [0.2, 0.25) is 0 Å². The molecule has 2 rings (SSSR count). The molecule has 0 aliphatic carbocycles. The van der Waals surface area contributed by atoms with Crippen molar-refractivity contribution in [2.45, 2.75) is 18.9 Å². The number of amides is 3. The van der Waals surface area contributed by atoms with E-state index in [0.717, 1.165) is 4.90 Å². The summed E-state index contributed by atoms with van der Waals surface area (Å²) >= 11 is 0. The van der Waals surface area contributed by atoms with Gasteiger partial charge in [-0.2, -0.15) is 0 Å². The molecule has 1 heterocycles. The van der Waals surface area contributed by atoms with Crippen molar-refractivity contribution in [2.75, 3.05) is 13.2 Å². The Morgan fingerprint density at radius 3 is 2.76 bits per heavy atom. The number of hydrogen-bond acceptors (Lipinski definition) is 5. The average molecular weight is 293 g/mol. The standard InChI is InChI=1S/C13H15N3O5/c1-13(9-4-2-5-10(8-9)16(20)21)11(18)15(6-3-7-17)12(19)14-13/h2,4-5,8,17H,3,6-7H2,1H3,(H,14,19). The van der Waals surface area contributed by atoms with Crippen molar-refractivity contribution in [3.05, 3.63) is 39.9 Å². The van der Waals surface area contributed by atoms with Crippen molar-refractivity contribution in [1.29, 1.82) is 0 Å². The third-order valence-corrected chi connectivity index (χ3v) is 3.45. The lowest BCUT2D eigenvalue weighted by atomic mass is 9.91. The quantitative estimate of drug-likeness (QED) is 0.472. The number of nitro groups is 1. The number of carbonyl (C=O) groups is 2. The predicted molar refractivity (Wildman–Crippen MR) is 72.4 cm³/mol. The molecule has 0 radical (unpaired) electrons. The third-order valence-electron chi connectivity index (χ3n) is 3.45. The molecule has 1 atom stereocenters. The van der Waals surface area contributed by atoms with E-state index in [1.54, 1.807) is 6.07 Å². The highest BCUT2D eigenvalue weighted by atomic mass is 16.6. The number of hydrogen-bond donors (Lipinski definition) is 2. The molecule has 1 aromatic rings. The number of nitrogens with one attached hydrogen (secondary N) is 1. The molecule has 0 saturated carbocycles. The number of nitro benzene ring substituents is 1. The lowest BCUT2D eigenvalue weighted by Gasteiger charge is -2.22. The zero-order valence-electron chi connectivity index (χ0n) is 11.4. The molecular weight excluding hydrogens is 278 g/mol. The van der Waals surface area contributed by atoms with Gasteiger partial charge in [0.25, 0.3) is 11.6 Å². The number of imide groups is 1. The number of aliphatic hydroxyl groups excluding tert-OH is 1. The summed E-state index contributed by atoms with van der Waals surface area (Å²) in [5.74, 6) is -0.485. The van der Waals surface area contributed by atoms with Crippen LogP contribution in [0.1, 0.15) is 18.9 Å². The average Bonchev–Trinajstić information content (AvgIpc) is 2.68. The van der Waals surface area contributed by atoms with Crippen molar-refractivity contribution < 1.29 is 19.6 Å². The van der Waals surface area contributed by atoms with Gasteiger partial charge in [-0.1, -0.05) is 12.1 Å². The molecule has 1 aliphatic rings. The molecule has 1 aliphatic heterocycles. The first-order valence-corrected chi connectivity index (χ1v) is 6.40. The zero-order chi connectivity index (χ0) is 15.6. The fourth-order valence-corrected chi connectivity index (χ4v) is 2.25. The summed E-state index contributed by atoms with van der Waals surface area (Å²) in [7, 11) is 0. The summed E-state index contributed by atoms with van der Waals surface area (Å²) in [5, 5.41) is 22.2. The smallest absolute Gasteiger partial charge is 0.325 e. The zero-order valence-corrected chi connectivity index (χ0v) is 11.4. The van der Waals surface area contributed by atoms with E-state index in [1.165, 1.54) is 25.1 Å². The van der Waals surface area contributed by atoms with E-state index in [1.807, 2.05) is 0 Å². The van der Waals surface area contributed by atoms with Crippen molar-refractivity contribution in [1.82, 2.24) is 10.2 Å². The second-order valence-electron chi connectivity index (χ2n) is 4.90. The predicted octanol–water partition coefficient (Wildman–Crippen LogP) is 0.744. The van der Waals surface area contributed by atoms with E-state index in [2.05, 4.69) is 5.32 Å². The lowest BCUT2D eigenvalue weighted by molar-refractivity contribution is -0.385. The van der Waals surface area contributed by atoms with Gasteiger partial charge in [-0.15, -0.1) is 0 Å². The van der Waals surface area contributed by atoms with Crippen molar-refractivity contribution in [2.24, 2.45) is 0 Å². The topological polar surface area (TPSA) is 113 Å². The first kappa shape index (κ1) is 14.9. The van der Waals surface area contributed by atoms with E-state index < -0.39 is 22.4 Å². The number of benzene rings is 1. The Balaban J connectivity index is 2.34. The Kier molecular flexibility index (Phi) is 3.90. The third kappa shape index (κ3) is 2.57. The first-order valence-electron chi connectivity index (χ1n) is 6.40. The van der Waals surface area contributed by atoms with Crippen molar-refractivity contribution in [3.8, 4) is 0 Å². The van der Waals surface area contributed by atoms with Crippen LogP contribution in [-0.2, 0) is 10.3 Å². The van der Waals surface area contributed by atoms with Crippen LogP contribution in [0.25, 0.3) is 0 Å². The largest absolute Gasteiger partial charge is 0.396 e. The summed E-state index contributed by atoms with van der Waals surface area (Å²) in [4.78, 5) is 35.6. The fourth-order valence-electron chi connectivity index (χ4n) is 2.25. The normalized spacial score (nSPS) is 21.5. The number of non-ortho nitro benzene ring substituents is 1. The van der Waals surface area contributed by atoms with Crippen LogP contribution < -0.4 is 5.32 Å². The minimum atomic E-state index is -1.33. The molecule has 8 heteroatoms. The Hall–Kier alpha value is -2.48. The van der Waals surface area contributed by atoms with Crippen LogP contribution in [0.2, 0.25) is 0 Å². The van der Waals surface area contributed by atoms with Crippen molar-refractivity contribution >= 4 is 17.6 Å². The number of urea groups is 1. The Morgan fingerprint density at radius 1 is 1.43 bits per heavy atom. The van der Waals surface area contributed by atoms with Crippen LogP contribution in [0.15, 0.2) is 24.3 Å². The summed E-state index contributed by atoms with van der Waals surface area (Å²) in [5.41, 5.74) is -1.13. The summed E-state index contributed by atoms with van der Waals surface area (Å²) in [6.45, 7) is 1.47. The number of aliphatic hydroxyl groups is 1. The first-order chi connectivity index (χ1) is 9.90. The molecule has 112 valence electrons. The molecule has 8 nitrogen and oxygen atoms in total. The second kappa shape index (κ2) is 5.49. The maximum Gasteiger partial charge on any atom is 0.325 e. The van der Waals surface area contributed by atoms with E-state index in [4.69, 9.17) is 5.11 Å². The molecule has 21 heavy (non-hydrogen) atoms. The van der Waals surface area contributed by atoms with Crippen LogP contribution in [0.5, 0.6) is 0 Å². The van der Waals surface area contributed by atoms with Gasteiger partial charge in [0.1, 0.15) is 5.54 Å². The van der Waals surface area contributed by atoms with E-state index in [-0.39, 0.29) is 25.3 Å². The van der Waals surface area contributed by atoms with Crippen LogP contribution in [0.4, 0.5) is 10.5 Å². The molecule has 1 aromatic carbocycles. The van der Waals surface area contributed by atoms with E-state index in [0.29, 0.717) is 5.56 Å². The number of rotatable bonds is 5. The minimum absolute atomic E-state index is 0.103. The maximum absolute atomic E-state index is 12.4. The van der Waals surface area contributed by atoms with E-state index >= 15 is 0 Å². The van der Waals surface area contributed by atoms with Crippen molar-refractivity contribution in [3.63, 3.8) is 0 Å². The fraction of sp³-hybridized carbons (Fsp3) is 0.385. The number of carbonyl (C=O) groups excluding carboxylic acids is 2. The van der Waals surface area contributed by atoms with Crippen LogP contribution >= 0.6 is 0 Å². The van der Waals surface area contributed by atoms with Gasteiger partial charge in [0, 0.05) is 25.3 Å². The Bertz CT molecular complexity index is 603. The Morgan fingerprint density at radius 2 is 2.14 bits per heavy atom. The molecule has 0 spiro atoms. The van der Waals surface area contributed by atoms with Gasteiger partial charge in [0.05, 0.1) is 4.92 Å². The molecule has 1 saturated heterocycles. The van der Waals surface area contributed by atoms with Crippen LogP contribution in [0.3, 0.4) is 0 Å². The summed E-state index contributed by atoms with van der Waals surface area (Å²) < 4.78 is 0. The highest BCUT2D eigenvalue weighted by Gasteiger charge is 2.48. The van der Waals surface area contributed by atoms with Gasteiger partial charge in [0.15, 0.2) is 0 Å².